The van der Waals surface area contributed by atoms with E-state index in [-0.39, 0.29) is 44.6 Å². The molecule has 0 fully saturated rings. The van der Waals surface area contributed by atoms with E-state index in [2.05, 4.69) is 41.9 Å². The Morgan fingerprint density at radius 3 is 1.78 bits per heavy atom. The first-order valence-corrected chi connectivity index (χ1v) is 18.7. The normalized spacial score (nSPS) is 12.8. The van der Waals surface area contributed by atoms with Crippen LogP contribution in [0.4, 0.5) is 0 Å². The average molecular weight is 795 g/mol. The van der Waals surface area contributed by atoms with Crippen LogP contribution in [0.25, 0.3) is 10.9 Å². The molecule has 0 saturated carbocycles. The van der Waals surface area contributed by atoms with E-state index in [1.165, 1.54) is 13.8 Å². The number of aliphatic imine (C=N–C) groups is 1. The van der Waals surface area contributed by atoms with E-state index in [0.717, 1.165) is 16.5 Å². The van der Waals surface area contributed by atoms with E-state index in [0.29, 0.717) is 11.1 Å². The Bertz CT molecular complexity index is 2080. The summed E-state index contributed by atoms with van der Waals surface area (Å²) in [5, 5.41) is 16.3. The van der Waals surface area contributed by atoms with E-state index in [9.17, 15) is 33.6 Å². The number of rotatable bonds is 20. The molecule has 4 atom stereocenters. The molecule has 4 aromatic rings. The van der Waals surface area contributed by atoms with Crippen molar-refractivity contribution < 1.29 is 33.6 Å². The van der Waals surface area contributed by atoms with Crippen molar-refractivity contribution in [3.8, 4) is 0 Å². The Balaban J connectivity index is 1.52. The van der Waals surface area contributed by atoms with Crippen LogP contribution in [0.1, 0.15) is 43.4 Å². The Morgan fingerprint density at radius 1 is 0.621 bits per heavy atom. The number of aromatic nitrogens is 1. The van der Waals surface area contributed by atoms with Crippen molar-refractivity contribution in [3.63, 3.8) is 0 Å². The van der Waals surface area contributed by atoms with Crippen LogP contribution in [0.3, 0.4) is 0 Å². The van der Waals surface area contributed by atoms with Gasteiger partial charge >= 0.3 is 0 Å². The van der Waals surface area contributed by atoms with E-state index in [1.54, 1.807) is 60.8 Å². The van der Waals surface area contributed by atoms with Crippen molar-refractivity contribution in [2.45, 2.75) is 70.1 Å². The summed E-state index contributed by atoms with van der Waals surface area (Å²) in [6.07, 6.45) is 2.18. The number of guanidine groups is 1. The zero-order valence-corrected chi connectivity index (χ0v) is 32.4. The summed E-state index contributed by atoms with van der Waals surface area (Å²) in [6.45, 7) is 2.06. The number of benzene rings is 3. The highest BCUT2D eigenvalue weighted by Crippen LogP contribution is 2.19. The molecule has 7 amide bonds. The number of carbonyl (C=O) groups excluding carboxylic acids is 7. The minimum absolute atomic E-state index is 0.0100. The lowest BCUT2D eigenvalue weighted by molar-refractivity contribution is -0.135. The topological polar surface area (TPSA) is 272 Å². The van der Waals surface area contributed by atoms with Crippen LogP contribution >= 0.6 is 0 Å². The van der Waals surface area contributed by atoms with Crippen molar-refractivity contribution in [3.05, 3.63) is 108 Å². The molecule has 4 rings (SSSR count). The van der Waals surface area contributed by atoms with Crippen molar-refractivity contribution in [1.29, 1.82) is 0 Å². The van der Waals surface area contributed by atoms with Crippen LogP contribution in [-0.2, 0) is 52.8 Å². The summed E-state index contributed by atoms with van der Waals surface area (Å²) in [6, 6.07) is 20.6. The fourth-order valence-corrected chi connectivity index (χ4v) is 6.21. The number of H-pyrrole nitrogens is 1. The molecule has 3 aromatic carbocycles. The number of nitrogens with one attached hydrogen (secondary N) is 7. The summed E-state index contributed by atoms with van der Waals surface area (Å²) in [7, 11) is 0. The van der Waals surface area contributed by atoms with Gasteiger partial charge in [0.15, 0.2) is 5.96 Å². The maximum atomic E-state index is 14.0. The zero-order valence-electron chi connectivity index (χ0n) is 32.4. The van der Waals surface area contributed by atoms with Crippen molar-refractivity contribution in [2.24, 2.45) is 16.5 Å². The number of para-hydroxylation sites is 1. The molecule has 0 saturated heterocycles. The third-order valence-corrected chi connectivity index (χ3v) is 8.94. The van der Waals surface area contributed by atoms with Crippen LogP contribution in [0, 0.1) is 0 Å². The van der Waals surface area contributed by atoms with Gasteiger partial charge in [-0.3, -0.25) is 43.9 Å². The van der Waals surface area contributed by atoms with Gasteiger partial charge in [0, 0.05) is 56.8 Å². The Hall–Kier alpha value is -7.04. The number of imide groups is 1. The third-order valence-electron chi connectivity index (χ3n) is 8.94. The largest absolute Gasteiger partial charge is 0.370 e. The number of aromatic amines is 1. The molecule has 0 bridgehead atoms. The lowest BCUT2D eigenvalue weighted by Crippen LogP contribution is -2.58. The highest BCUT2D eigenvalue weighted by molar-refractivity contribution is 6.00. The molecule has 1 heterocycles. The zero-order chi connectivity index (χ0) is 42.0. The van der Waals surface area contributed by atoms with E-state index in [4.69, 9.17) is 11.5 Å². The van der Waals surface area contributed by atoms with Gasteiger partial charge in [0.1, 0.15) is 24.2 Å². The Morgan fingerprint density at radius 2 is 1.17 bits per heavy atom. The summed E-state index contributed by atoms with van der Waals surface area (Å²) in [5.74, 6) is -4.74. The summed E-state index contributed by atoms with van der Waals surface area (Å²) in [4.78, 5) is 98.7. The average Bonchev–Trinajstić information content (AvgIpc) is 3.60. The van der Waals surface area contributed by atoms with Gasteiger partial charge in [-0.1, -0.05) is 78.9 Å². The van der Waals surface area contributed by atoms with E-state index < -0.39 is 72.1 Å². The number of nitrogens with zero attached hydrogens (tertiary/aromatic N) is 1. The second kappa shape index (κ2) is 21.9. The van der Waals surface area contributed by atoms with E-state index in [1.807, 2.05) is 30.3 Å². The highest BCUT2D eigenvalue weighted by Gasteiger charge is 2.31. The van der Waals surface area contributed by atoms with Gasteiger partial charge in [0.05, 0.1) is 6.54 Å². The van der Waals surface area contributed by atoms with Crippen LogP contribution < -0.4 is 43.4 Å². The lowest BCUT2D eigenvalue weighted by atomic mass is 10.0. The van der Waals surface area contributed by atoms with Crippen LogP contribution in [0.5, 0.6) is 0 Å². The number of hydrogen-bond acceptors (Lipinski definition) is 8. The predicted molar refractivity (Wildman–Crippen MR) is 217 cm³/mol. The van der Waals surface area contributed by atoms with Gasteiger partial charge < -0.3 is 43.0 Å². The number of amides is 7. The van der Waals surface area contributed by atoms with E-state index >= 15 is 0 Å². The van der Waals surface area contributed by atoms with Gasteiger partial charge in [-0.2, -0.15) is 0 Å². The Labute approximate surface area is 335 Å². The minimum Gasteiger partial charge on any atom is -0.370 e. The SMILES string of the molecule is CC(=O)NC(=O)[C@H](Cc1c[nH]c2ccccc12)NC(=O)[C@H](CCCN=C(N)N)NC(=O)[C@@H](Cc1ccccc1)NC(=O)CNC(=O)[C@H](Cc1ccccc1)NC(C)=O. The molecule has 306 valence electrons. The minimum atomic E-state index is -1.25. The number of nitrogens with two attached hydrogens (primary N) is 2. The van der Waals surface area contributed by atoms with Gasteiger partial charge in [0.2, 0.25) is 41.4 Å². The quantitative estimate of drug-likeness (QED) is 0.0330. The first-order valence-electron chi connectivity index (χ1n) is 18.7. The molecule has 0 aliphatic heterocycles. The van der Waals surface area contributed by atoms with Crippen LogP contribution in [0.2, 0.25) is 0 Å². The molecule has 0 unspecified atom stereocenters. The predicted octanol–water partition coefficient (Wildman–Crippen LogP) is -0.0126. The number of hydrogen-bond donors (Lipinski definition) is 9. The summed E-state index contributed by atoms with van der Waals surface area (Å²) < 4.78 is 0. The molecule has 0 aliphatic rings. The molecule has 17 heteroatoms. The highest BCUT2D eigenvalue weighted by atomic mass is 16.2. The number of carbonyl (C=O) groups is 7. The molecular formula is C41H50N10O7. The molecule has 58 heavy (non-hydrogen) atoms. The first kappa shape index (κ1) is 43.7. The Kier molecular flexibility index (Phi) is 16.5. The molecule has 1 aromatic heterocycles. The number of fused-ring (bicyclic) bond motifs is 1. The van der Waals surface area contributed by atoms with Gasteiger partial charge in [-0.05, 0) is 35.6 Å². The second-order valence-electron chi connectivity index (χ2n) is 13.7. The van der Waals surface area contributed by atoms with Crippen molar-refractivity contribution in [2.75, 3.05) is 13.1 Å². The summed E-state index contributed by atoms with van der Waals surface area (Å²) >= 11 is 0. The molecule has 11 N–H and O–H groups in total. The van der Waals surface area contributed by atoms with Gasteiger partial charge in [-0.15, -0.1) is 0 Å². The molecule has 17 nitrogen and oxygen atoms in total. The van der Waals surface area contributed by atoms with Gasteiger partial charge in [-0.25, -0.2) is 0 Å². The molecule has 0 radical (unpaired) electrons. The fraction of sp³-hybridized carbons (Fsp3) is 0.317. The van der Waals surface area contributed by atoms with Crippen LogP contribution in [0.15, 0.2) is 96.1 Å². The maximum Gasteiger partial charge on any atom is 0.249 e. The lowest BCUT2D eigenvalue weighted by Gasteiger charge is -2.25. The van der Waals surface area contributed by atoms with Gasteiger partial charge in [0.25, 0.3) is 0 Å². The molecule has 0 aliphatic carbocycles. The summed E-state index contributed by atoms with van der Waals surface area (Å²) in [5.41, 5.74) is 14.0. The van der Waals surface area contributed by atoms with Crippen molar-refractivity contribution in [1.82, 2.24) is 36.9 Å². The molecule has 0 spiro atoms. The maximum absolute atomic E-state index is 14.0. The third kappa shape index (κ3) is 14.2. The standard InChI is InChI=1S/C41H50N10O7/c1-25(52)47-33(20-27-12-5-3-6-13-27)37(55)46-24-36(54)49-34(21-28-14-7-4-8-15-28)40(58)50-32(18-11-19-44-41(42)43)38(56)51-35(39(57)48-26(2)53)22-29-23-45-31-17-10-9-16-30(29)31/h3-10,12-17,23,32-35,45H,11,18-22,24H2,1-2H3,(H,46,55)(H,47,52)(H,49,54)(H,50,58)(H,51,56)(H4,42,43,44)(H,48,53,57)/t32-,33-,34+,35-/m0/s1. The van der Waals surface area contributed by atoms with Crippen LogP contribution in [-0.4, -0.2) is 89.6 Å². The smallest absolute Gasteiger partial charge is 0.249 e. The first-order chi connectivity index (χ1) is 27.8. The fourth-order valence-electron chi connectivity index (χ4n) is 6.21. The monoisotopic (exact) mass is 794 g/mol. The van der Waals surface area contributed by atoms with Crippen molar-refractivity contribution >= 4 is 58.2 Å². The molecular weight excluding hydrogens is 745 g/mol. The second-order valence-corrected chi connectivity index (χ2v) is 13.7.